The zero-order chi connectivity index (χ0) is 9.71. The van der Waals surface area contributed by atoms with Crippen LogP contribution >= 0.6 is 0 Å². The van der Waals surface area contributed by atoms with E-state index in [2.05, 4.69) is 0 Å². The molecular weight excluding hydrogens is 178 g/mol. The smallest absolute Gasteiger partial charge is 0.225 e. The summed E-state index contributed by atoms with van der Waals surface area (Å²) in [5.41, 5.74) is 0. The molecule has 1 aliphatic heterocycles. The van der Waals surface area contributed by atoms with Crippen molar-refractivity contribution in [2.45, 2.75) is 19.3 Å². The summed E-state index contributed by atoms with van der Waals surface area (Å²) in [5.74, 6) is 2.83. The number of rotatable bonds is 2. The summed E-state index contributed by atoms with van der Waals surface area (Å²) in [6.07, 6.45) is 3.66. The Labute approximate surface area is 84.1 Å². The van der Waals surface area contributed by atoms with Crippen molar-refractivity contribution in [3.05, 3.63) is 0 Å². The minimum atomic E-state index is 0.236. The van der Waals surface area contributed by atoms with Gasteiger partial charge in [-0.05, 0) is 31.1 Å². The molecule has 3 rings (SSSR count). The van der Waals surface area contributed by atoms with E-state index in [-0.39, 0.29) is 6.61 Å². The number of amides is 1. The molecule has 3 aliphatic rings. The van der Waals surface area contributed by atoms with Gasteiger partial charge >= 0.3 is 0 Å². The van der Waals surface area contributed by atoms with Crippen molar-refractivity contribution in [3.63, 3.8) is 0 Å². The SMILES string of the molecule is O=C(C1CC2CC2C1)N1CC(CO)C1. The Morgan fingerprint density at radius 1 is 1.21 bits per heavy atom. The minimum absolute atomic E-state index is 0.236. The highest BCUT2D eigenvalue weighted by molar-refractivity contribution is 5.80. The highest BCUT2D eigenvalue weighted by Crippen LogP contribution is 2.54. The van der Waals surface area contributed by atoms with E-state index < -0.39 is 0 Å². The summed E-state index contributed by atoms with van der Waals surface area (Å²) in [4.78, 5) is 13.8. The van der Waals surface area contributed by atoms with Crippen LogP contribution in [-0.4, -0.2) is 35.6 Å². The van der Waals surface area contributed by atoms with Crippen molar-refractivity contribution in [1.29, 1.82) is 0 Å². The topological polar surface area (TPSA) is 40.5 Å². The summed E-state index contributed by atoms with van der Waals surface area (Å²) < 4.78 is 0. The fraction of sp³-hybridized carbons (Fsp3) is 0.909. The van der Waals surface area contributed by atoms with E-state index in [4.69, 9.17) is 5.11 Å². The maximum Gasteiger partial charge on any atom is 0.225 e. The van der Waals surface area contributed by atoms with Crippen molar-refractivity contribution in [3.8, 4) is 0 Å². The monoisotopic (exact) mass is 195 g/mol. The van der Waals surface area contributed by atoms with E-state index in [0.717, 1.165) is 37.8 Å². The van der Waals surface area contributed by atoms with E-state index in [0.29, 0.717) is 17.7 Å². The first-order chi connectivity index (χ1) is 6.78. The number of aliphatic hydroxyl groups excluding tert-OH is 1. The molecule has 1 N–H and O–H groups in total. The summed E-state index contributed by atoms with van der Waals surface area (Å²) >= 11 is 0. The Morgan fingerprint density at radius 2 is 1.86 bits per heavy atom. The molecule has 2 saturated carbocycles. The Kier molecular flexibility index (Phi) is 1.84. The van der Waals surface area contributed by atoms with Gasteiger partial charge in [-0.2, -0.15) is 0 Å². The number of carbonyl (C=O) groups excluding carboxylic acids is 1. The molecule has 1 amide bonds. The van der Waals surface area contributed by atoms with E-state index in [9.17, 15) is 4.79 Å². The van der Waals surface area contributed by atoms with E-state index in [1.54, 1.807) is 0 Å². The average molecular weight is 195 g/mol. The first-order valence-corrected chi connectivity index (χ1v) is 5.67. The number of likely N-dealkylation sites (tertiary alicyclic amines) is 1. The third kappa shape index (κ3) is 1.26. The predicted molar refractivity (Wildman–Crippen MR) is 51.5 cm³/mol. The van der Waals surface area contributed by atoms with Gasteiger partial charge in [-0.3, -0.25) is 4.79 Å². The van der Waals surface area contributed by atoms with E-state index >= 15 is 0 Å². The average Bonchev–Trinajstić information content (AvgIpc) is 2.72. The molecule has 0 spiro atoms. The Bertz CT molecular complexity index is 250. The molecule has 0 aromatic heterocycles. The predicted octanol–water partition coefficient (Wildman–Crippen LogP) is 0.483. The fourth-order valence-corrected chi connectivity index (χ4v) is 3.04. The van der Waals surface area contributed by atoms with E-state index in [1.807, 2.05) is 4.90 Å². The zero-order valence-electron chi connectivity index (χ0n) is 8.35. The molecule has 1 saturated heterocycles. The highest BCUT2D eigenvalue weighted by Gasteiger charge is 2.49. The summed E-state index contributed by atoms with van der Waals surface area (Å²) in [6, 6.07) is 0. The van der Waals surface area contributed by atoms with Gasteiger partial charge in [0.15, 0.2) is 0 Å². The van der Waals surface area contributed by atoms with Crippen LogP contribution in [0.25, 0.3) is 0 Å². The van der Waals surface area contributed by atoms with Crippen molar-refractivity contribution < 1.29 is 9.90 Å². The van der Waals surface area contributed by atoms with Gasteiger partial charge in [0.25, 0.3) is 0 Å². The number of fused-ring (bicyclic) bond motifs is 1. The van der Waals surface area contributed by atoms with Crippen LogP contribution < -0.4 is 0 Å². The first-order valence-electron chi connectivity index (χ1n) is 5.67. The van der Waals surface area contributed by atoms with Gasteiger partial charge in [0.1, 0.15) is 0 Å². The van der Waals surface area contributed by atoms with Crippen LogP contribution in [0, 0.1) is 23.7 Å². The standard InChI is InChI=1S/C11H17NO2/c13-6-7-4-12(5-7)11(14)10-2-8-1-9(8)3-10/h7-10,13H,1-6H2. The normalized spacial score (nSPS) is 40.6. The fourth-order valence-electron chi connectivity index (χ4n) is 3.04. The molecule has 2 atom stereocenters. The Morgan fingerprint density at radius 3 is 2.43 bits per heavy atom. The van der Waals surface area contributed by atoms with Gasteiger partial charge in [-0.15, -0.1) is 0 Å². The van der Waals surface area contributed by atoms with Crippen LogP contribution in [-0.2, 0) is 4.79 Å². The van der Waals surface area contributed by atoms with Crippen molar-refractivity contribution in [2.24, 2.45) is 23.7 Å². The van der Waals surface area contributed by atoms with Gasteiger partial charge in [-0.25, -0.2) is 0 Å². The van der Waals surface area contributed by atoms with Gasteiger partial charge in [0.2, 0.25) is 5.91 Å². The van der Waals surface area contributed by atoms with Crippen molar-refractivity contribution in [1.82, 2.24) is 4.90 Å². The molecule has 1 heterocycles. The first kappa shape index (κ1) is 8.72. The van der Waals surface area contributed by atoms with Gasteiger partial charge in [0, 0.05) is 31.5 Å². The molecule has 14 heavy (non-hydrogen) atoms. The lowest BCUT2D eigenvalue weighted by Gasteiger charge is -2.39. The number of hydrogen-bond acceptors (Lipinski definition) is 2. The van der Waals surface area contributed by atoms with Crippen LogP contribution in [0.5, 0.6) is 0 Å². The summed E-state index contributed by atoms with van der Waals surface area (Å²) in [5, 5.41) is 8.86. The molecule has 2 unspecified atom stereocenters. The second kappa shape index (κ2) is 2.96. The van der Waals surface area contributed by atoms with Crippen LogP contribution in [0.2, 0.25) is 0 Å². The molecule has 78 valence electrons. The molecule has 2 aliphatic carbocycles. The molecule has 3 heteroatoms. The van der Waals surface area contributed by atoms with Gasteiger partial charge in [-0.1, -0.05) is 0 Å². The van der Waals surface area contributed by atoms with Crippen LogP contribution in [0.15, 0.2) is 0 Å². The second-order valence-electron chi connectivity index (χ2n) is 5.22. The maximum atomic E-state index is 11.9. The van der Waals surface area contributed by atoms with Crippen molar-refractivity contribution >= 4 is 5.91 Å². The quantitative estimate of drug-likeness (QED) is 0.696. The number of hydrogen-bond donors (Lipinski definition) is 1. The van der Waals surface area contributed by atoms with Gasteiger partial charge in [0.05, 0.1) is 0 Å². The number of carbonyl (C=O) groups is 1. The van der Waals surface area contributed by atoms with Crippen LogP contribution in [0.1, 0.15) is 19.3 Å². The highest BCUT2D eigenvalue weighted by atomic mass is 16.3. The molecular formula is C11H17NO2. The lowest BCUT2D eigenvalue weighted by Crippen LogP contribution is -2.53. The summed E-state index contributed by atoms with van der Waals surface area (Å²) in [6.45, 7) is 1.82. The number of nitrogens with zero attached hydrogens (tertiary/aromatic N) is 1. The Balaban J connectivity index is 1.52. The largest absolute Gasteiger partial charge is 0.396 e. The summed E-state index contributed by atoms with van der Waals surface area (Å²) in [7, 11) is 0. The van der Waals surface area contributed by atoms with Crippen LogP contribution in [0.4, 0.5) is 0 Å². The molecule has 0 bridgehead atoms. The molecule has 3 fully saturated rings. The van der Waals surface area contributed by atoms with Gasteiger partial charge < -0.3 is 10.0 Å². The molecule has 0 aromatic carbocycles. The van der Waals surface area contributed by atoms with Crippen molar-refractivity contribution in [2.75, 3.05) is 19.7 Å². The third-order valence-corrected chi connectivity index (χ3v) is 4.12. The van der Waals surface area contributed by atoms with E-state index in [1.165, 1.54) is 6.42 Å². The Hall–Kier alpha value is -0.570. The number of aliphatic hydroxyl groups is 1. The lowest BCUT2D eigenvalue weighted by molar-refractivity contribution is -0.143. The maximum absolute atomic E-state index is 11.9. The third-order valence-electron chi connectivity index (χ3n) is 4.12. The molecule has 0 radical (unpaired) electrons. The molecule has 0 aromatic rings. The molecule has 3 nitrogen and oxygen atoms in total. The minimum Gasteiger partial charge on any atom is -0.396 e. The second-order valence-corrected chi connectivity index (χ2v) is 5.22. The van der Waals surface area contributed by atoms with Crippen LogP contribution in [0.3, 0.4) is 0 Å². The lowest BCUT2D eigenvalue weighted by atomic mass is 9.95. The zero-order valence-corrected chi connectivity index (χ0v) is 8.35.